The van der Waals surface area contributed by atoms with Gasteiger partial charge in [-0.1, -0.05) is 111 Å². The van der Waals surface area contributed by atoms with Gasteiger partial charge in [0.1, 0.15) is 13.2 Å². The number of aliphatic hydroxyl groups excluding tert-OH is 2. The number of halogens is 6. The van der Waals surface area contributed by atoms with Crippen molar-refractivity contribution >= 4 is 122 Å². The van der Waals surface area contributed by atoms with Crippen molar-refractivity contribution in [1.82, 2.24) is 9.80 Å². The Morgan fingerprint density at radius 2 is 0.933 bits per heavy atom. The number of fused-ring (bicyclic) bond motifs is 4. The van der Waals surface area contributed by atoms with Crippen LogP contribution >= 0.6 is 69.6 Å². The normalized spacial score (nSPS) is 22.5. The molecule has 420 valence electrons. The van der Waals surface area contributed by atoms with Crippen molar-refractivity contribution in [3.8, 4) is 23.0 Å². The molecule has 4 aliphatic heterocycles. The van der Waals surface area contributed by atoms with Crippen LogP contribution in [0, 0.1) is 0 Å². The van der Waals surface area contributed by atoms with E-state index in [1.807, 2.05) is 67.7 Å². The summed E-state index contributed by atoms with van der Waals surface area (Å²) >= 11 is 36.2. The van der Waals surface area contributed by atoms with E-state index in [-0.39, 0.29) is 94.7 Å². The first kappa shape index (κ1) is 61.3. The highest BCUT2D eigenvalue weighted by molar-refractivity contribution is 6.74. The third-order valence-electron chi connectivity index (χ3n) is 14.7. The van der Waals surface area contributed by atoms with Crippen LogP contribution in [0.4, 0.5) is 21.0 Å². The van der Waals surface area contributed by atoms with Gasteiger partial charge in [-0.3, -0.25) is 9.59 Å². The zero-order valence-corrected chi connectivity index (χ0v) is 50.9. The maximum absolute atomic E-state index is 14.4. The van der Waals surface area contributed by atoms with E-state index < -0.39 is 98.2 Å². The lowest BCUT2D eigenvalue weighted by molar-refractivity contribution is 0.0522. The van der Waals surface area contributed by atoms with Crippen LogP contribution in [-0.4, -0.2) is 159 Å². The first-order chi connectivity index (χ1) is 34.6. The SMILES string of the molecule is COc1cc2c(cc1OCCCCCOc1cc3c(cc1OC)C(=O)N1C[C@H](O)C[C@H]1[C@H](O[Si](C)(C)C(C)(C)C)N3C(=O)OCC(Cl)(Cl)Cl)N(C(=O)OCC(Cl)(Cl)Cl)[C@@H](O[Si](C)(C)C(C)(C)C)[C@@H]1C[C@@H](O)CN1C2=O. The number of rotatable bonds is 16. The molecule has 2 N–H and O–H groups in total. The van der Waals surface area contributed by atoms with Gasteiger partial charge < -0.3 is 57.3 Å². The lowest BCUT2D eigenvalue weighted by atomic mass is 10.1. The number of hydrogen-bond acceptors (Lipinski definition) is 14. The molecule has 2 aromatic rings. The second-order valence-electron chi connectivity index (χ2n) is 22.2. The Hall–Kier alpha value is -2.87. The van der Waals surface area contributed by atoms with Crippen LogP contribution in [-0.2, 0) is 18.3 Å². The Labute approximate surface area is 471 Å². The summed E-state index contributed by atoms with van der Waals surface area (Å²) in [7, 11) is -2.57. The summed E-state index contributed by atoms with van der Waals surface area (Å²) in [5, 5.41) is 21.2. The van der Waals surface area contributed by atoms with E-state index in [2.05, 4.69) is 0 Å². The standard InChI is InChI=1S/C49H70Cl6N4O14Si2/c1-46(2,3)74(9,10)72-42-34-18-28(60)24-56(34)40(62)30-20-36(66-7)38(22-32(30)58(42)44(64)70-26-48(50,51)52)68-16-14-13-15-17-69-39-23-33-31(21-37(39)67-8)41(63)57-25-29(61)19-35(57)43(73-75(11,12)47(4,5)6)59(33)45(65)71-27-49(53,54)55/h20-23,28-29,34-35,42-43,60-61H,13-19,24-27H2,1-12H3/t28-,29-,34+,35+,42+,43+/m1/s1. The molecule has 6 atom stereocenters. The minimum Gasteiger partial charge on any atom is -0.493 e. The summed E-state index contributed by atoms with van der Waals surface area (Å²) in [4.78, 5) is 63.1. The van der Waals surface area contributed by atoms with E-state index in [9.17, 15) is 29.4 Å². The fourth-order valence-corrected chi connectivity index (χ4v) is 11.6. The van der Waals surface area contributed by atoms with Crippen molar-refractivity contribution in [2.45, 2.75) is 154 Å². The van der Waals surface area contributed by atoms with Crippen LogP contribution in [0.15, 0.2) is 24.3 Å². The van der Waals surface area contributed by atoms with Crippen LogP contribution in [0.25, 0.3) is 0 Å². The molecule has 0 aliphatic carbocycles. The number of methoxy groups -OCH3 is 2. The number of ether oxygens (including phenoxy) is 6. The lowest BCUT2D eigenvalue weighted by Gasteiger charge is -2.44. The van der Waals surface area contributed by atoms with E-state index >= 15 is 0 Å². The van der Waals surface area contributed by atoms with Crippen LogP contribution in [0.1, 0.15) is 94.4 Å². The van der Waals surface area contributed by atoms with Gasteiger partial charge in [-0.25, -0.2) is 19.4 Å². The molecule has 2 saturated heterocycles. The van der Waals surface area contributed by atoms with Gasteiger partial charge in [0, 0.05) is 25.2 Å². The fraction of sp³-hybridized carbons (Fsp3) is 0.673. The zero-order chi connectivity index (χ0) is 56.0. The highest BCUT2D eigenvalue weighted by Crippen LogP contribution is 2.48. The molecule has 0 aromatic heterocycles. The Kier molecular flexibility index (Phi) is 19.2. The average molecular weight is 1210 g/mol. The number of nitrogens with zero attached hydrogens (tertiary/aromatic N) is 4. The number of aliphatic hydroxyl groups is 2. The van der Waals surface area contributed by atoms with E-state index in [1.165, 1.54) is 58.1 Å². The minimum atomic E-state index is -2.71. The summed E-state index contributed by atoms with van der Waals surface area (Å²) in [6.45, 7) is 19.5. The average Bonchev–Trinajstić information content (AvgIpc) is 3.85. The molecule has 4 aliphatic rings. The van der Waals surface area contributed by atoms with Crippen molar-refractivity contribution < 1.29 is 66.7 Å². The molecule has 2 aromatic carbocycles. The van der Waals surface area contributed by atoms with Gasteiger partial charge in [-0.05, 0) is 80.5 Å². The van der Waals surface area contributed by atoms with Gasteiger partial charge in [0.25, 0.3) is 11.8 Å². The monoisotopic (exact) mass is 1200 g/mol. The number of amides is 4. The first-order valence-electron chi connectivity index (χ1n) is 24.7. The lowest BCUT2D eigenvalue weighted by Crippen LogP contribution is -2.58. The molecule has 0 unspecified atom stereocenters. The maximum Gasteiger partial charge on any atom is 0.416 e. The number of anilines is 2. The van der Waals surface area contributed by atoms with E-state index in [0.29, 0.717) is 19.3 Å². The second kappa shape index (κ2) is 23.5. The van der Waals surface area contributed by atoms with Crippen LogP contribution < -0.4 is 28.7 Å². The Balaban J connectivity index is 1.24. The van der Waals surface area contributed by atoms with Gasteiger partial charge >= 0.3 is 12.2 Å². The zero-order valence-electron chi connectivity index (χ0n) is 44.4. The molecular formula is C49H70Cl6N4O14Si2. The van der Waals surface area contributed by atoms with Crippen molar-refractivity contribution in [1.29, 1.82) is 0 Å². The Morgan fingerprint density at radius 1 is 0.587 bits per heavy atom. The number of unbranched alkanes of at least 4 members (excludes halogenated alkanes) is 2. The van der Waals surface area contributed by atoms with E-state index in [4.69, 9.17) is 107 Å². The van der Waals surface area contributed by atoms with Gasteiger partial charge in [0.2, 0.25) is 7.59 Å². The van der Waals surface area contributed by atoms with E-state index in [0.717, 1.165) is 0 Å². The van der Waals surface area contributed by atoms with Crippen molar-refractivity contribution in [2.75, 3.05) is 63.5 Å². The third-order valence-corrected chi connectivity index (χ3v) is 24.3. The van der Waals surface area contributed by atoms with Gasteiger partial charge in [-0.15, -0.1) is 0 Å². The van der Waals surface area contributed by atoms with Gasteiger partial charge in [0.05, 0.1) is 74.2 Å². The molecule has 4 heterocycles. The first-order valence-corrected chi connectivity index (χ1v) is 32.8. The summed E-state index contributed by atoms with van der Waals surface area (Å²) in [6, 6.07) is 4.52. The molecule has 0 spiro atoms. The molecule has 75 heavy (non-hydrogen) atoms. The summed E-state index contributed by atoms with van der Waals surface area (Å²) in [5.41, 5.74) is 0.410. The number of alkyl halides is 6. The molecule has 6 rings (SSSR count). The molecule has 0 bridgehead atoms. The summed E-state index contributed by atoms with van der Waals surface area (Å²) < 4.78 is 45.3. The largest absolute Gasteiger partial charge is 0.493 e. The molecular weight excluding hydrogens is 1140 g/mol. The predicted molar refractivity (Wildman–Crippen MR) is 294 cm³/mol. The van der Waals surface area contributed by atoms with Crippen LogP contribution in [0.3, 0.4) is 0 Å². The number of carbonyl (C=O) groups is 4. The van der Waals surface area contributed by atoms with Gasteiger partial charge in [0.15, 0.2) is 52.1 Å². The Morgan fingerprint density at radius 3 is 1.24 bits per heavy atom. The fourth-order valence-electron chi connectivity index (χ4n) is 8.80. The number of hydrogen-bond donors (Lipinski definition) is 2. The van der Waals surface area contributed by atoms with Crippen molar-refractivity contribution in [3.63, 3.8) is 0 Å². The highest BCUT2D eigenvalue weighted by atomic mass is 35.6. The number of carbonyl (C=O) groups excluding carboxylic acids is 4. The molecule has 0 saturated carbocycles. The topological polar surface area (TPSA) is 196 Å². The van der Waals surface area contributed by atoms with Crippen LogP contribution in [0.2, 0.25) is 36.3 Å². The van der Waals surface area contributed by atoms with Crippen LogP contribution in [0.5, 0.6) is 23.0 Å². The summed E-state index contributed by atoms with van der Waals surface area (Å²) in [6.07, 6.45) is -4.00. The maximum atomic E-state index is 14.4. The third kappa shape index (κ3) is 14.1. The quantitative estimate of drug-likeness (QED) is 0.0915. The van der Waals surface area contributed by atoms with Crippen molar-refractivity contribution in [2.24, 2.45) is 0 Å². The van der Waals surface area contributed by atoms with E-state index in [1.54, 1.807) is 0 Å². The summed E-state index contributed by atoms with van der Waals surface area (Å²) in [5.74, 6) is -0.0388. The molecule has 0 radical (unpaired) electrons. The van der Waals surface area contributed by atoms with Crippen molar-refractivity contribution in [3.05, 3.63) is 35.4 Å². The Bertz CT molecular complexity index is 2270. The smallest absolute Gasteiger partial charge is 0.416 e. The molecule has 2 fully saturated rings. The second-order valence-corrected chi connectivity index (χ2v) is 36.8. The molecule has 18 nitrogen and oxygen atoms in total. The van der Waals surface area contributed by atoms with Gasteiger partial charge in [-0.2, -0.15) is 0 Å². The molecule has 26 heteroatoms. The minimum absolute atomic E-state index is 0.00496. The number of benzene rings is 2. The predicted octanol–water partition coefficient (Wildman–Crippen LogP) is 10.8. The molecule has 4 amide bonds. The highest BCUT2D eigenvalue weighted by Gasteiger charge is 2.54.